The third kappa shape index (κ3) is 2.87. The first-order valence-electron chi connectivity index (χ1n) is 15.0. The van der Waals surface area contributed by atoms with Gasteiger partial charge in [0.1, 0.15) is 16.8 Å². The van der Waals surface area contributed by atoms with Gasteiger partial charge >= 0.3 is 5.97 Å². The fourth-order valence-corrected chi connectivity index (χ4v) is 11.5. The van der Waals surface area contributed by atoms with Gasteiger partial charge in [0.15, 0.2) is 0 Å². The summed E-state index contributed by atoms with van der Waals surface area (Å²) in [7, 11) is 6.93. The lowest BCUT2D eigenvalue weighted by atomic mass is 9.44. The van der Waals surface area contributed by atoms with E-state index in [1.165, 1.54) is 0 Å². The topological polar surface area (TPSA) is 110 Å². The Hall–Kier alpha value is -1.75. The maximum Gasteiger partial charge on any atom is 0.340 e. The van der Waals surface area contributed by atoms with E-state index in [1.807, 2.05) is 31.3 Å². The Morgan fingerprint density at radius 2 is 1.88 bits per heavy atom. The van der Waals surface area contributed by atoms with Crippen LogP contribution in [-0.4, -0.2) is 104 Å². The Bertz CT molecular complexity index is 1200. The summed E-state index contributed by atoms with van der Waals surface area (Å²) >= 11 is 0. The smallest absolute Gasteiger partial charge is 0.340 e. The van der Waals surface area contributed by atoms with Gasteiger partial charge in [0.2, 0.25) is 0 Å². The second-order valence-electron chi connectivity index (χ2n) is 13.3. The fraction of sp³-hybridized carbons (Fsp3) is 0.774. The van der Waals surface area contributed by atoms with Crippen molar-refractivity contribution in [2.75, 3.05) is 46.8 Å². The quantitative estimate of drug-likeness (QED) is 0.436. The molecule has 1 unspecified atom stereocenters. The highest BCUT2D eigenvalue weighted by Crippen LogP contribution is 2.79. The van der Waals surface area contributed by atoms with Gasteiger partial charge in [-0.05, 0) is 44.4 Å². The molecule has 5 aliphatic carbocycles. The van der Waals surface area contributed by atoms with E-state index in [-0.39, 0.29) is 47.9 Å². The van der Waals surface area contributed by atoms with Crippen LogP contribution in [0.25, 0.3) is 0 Å². The number of rotatable bonds is 7. The summed E-state index contributed by atoms with van der Waals surface area (Å²) in [5.41, 5.74) is -2.81. The van der Waals surface area contributed by atoms with Crippen molar-refractivity contribution in [3.8, 4) is 0 Å². The molecule has 3 N–H and O–H groups in total. The molecule has 1 aliphatic heterocycles. The Morgan fingerprint density at radius 3 is 2.55 bits per heavy atom. The summed E-state index contributed by atoms with van der Waals surface area (Å²) in [5.74, 6) is -0.926. The average Bonchev–Trinajstić information content (AvgIpc) is 3.39. The number of anilines is 1. The molecular formula is C31H44N2O7. The zero-order chi connectivity index (χ0) is 28.2. The Morgan fingerprint density at radius 1 is 1.10 bits per heavy atom. The van der Waals surface area contributed by atoms with Crippen LogP contribution in [0.3, 0.4) is 0 Å². The van der Waals surface area contributed by atoms with Crippen LogP contribution < -0.4 is 5.32 Å². The number of aliphatic hydroxyl groups is 2. The van der Waals surface area contributed by atoms with E-state index < -0.39 is 28.3 Å². The lowest BCUT2D eigenvalue weighted by Gasteiger charge is -2.70. The van der Waals surface area contributed by atoms with E-state index in [0.29, 0.717) is 37.8 Å². The first-order chi connectivity index (χ1) is 19.2. The van der Waals surface area contributed by atoms with Gasteiger partial charge in [0, 0.05) is 82.2 Å². The Kier molecular flexibility index (Phi) is 6.02. The van der Waals surface area contributed by atoms with Crippen LogP contribution >= 0.6 is 0 Å². The standard InChI is InChI=1S/C31H44N2O7/c1-6-33-16-28(40-27(34)17-9-7-8-10-20(17)32-2)12-11-24(38-4)30-22(28)14-19(25(30)33)29(35)15-21(37-3)18-13-23(30)31(29,36)26(18)39-5/h7-10,18-19,21-26,32,35-36H,6,11-16H2,1-5H3/t18-,19-,21-,22-,23+,24+,25?,26+,28-,29+,30+,31+/m1/s1. The predicted molar refractivity (Wildman–Crippen MR) is 147 cm³/mol. The molecule has 7 rings (SSSR count). The van der Waals surface area contributed by atoms with Gasteiger partial charge in [-0.25, -0.2) is 4.79 Å². The van der Waals surface area contributed by atoms with Crippen LogP contribution in [0.5, 0.6) is 0 Å². The number of para-hydroxylation sites is 1. The highest BCUT2D eigenvalue weighted by molar-refractivity contribution is 5.95. The zero-order valence-electron chi connectivity index (χ0n) is 24.3. The highest BCUT2D eigenvalue weighted by atomic mass is 16.6. The number of nitrogens with zero attached hydrogens (tertiary/aromatic N) is 1. The number of fused-ring (bicyclic) bond motifs is 2. The molecule has 9 heteroatoms. The number of carbonyl (C=O) groups is 1. The number of hydrogen-bond donors (Lipinski definition) is 3. The van der Waals surface area contributed by atoms with Crippen molar-refractivity contribution >= 4 is 11.7 Å². The number of piperidine rings is 1. The molecule has 220 valence electrons. The summed E-state index contributed by atoms with van der Waals surface area (Å²) in [4.78, 5) is 16.3. The molecule has 0 aromatic heterocycles. The SMILES string of the molecule is CCN1C[C@]2(OC(=O)c3ccccc3NC)CC[C@H](OC)[C@]34C1[C@@H](C[C@H]23)[C@@]1(O)C[C@@H](OC)[C@H]2C[C@@H]4[C@]1(O)[C@H]2OC. The lowest BCUT2D eigenvalue weighted by Crippen LogP contribution is -2.83. The number of likely N-dealkylation sites (tertiary alicyclic amines) is 1. The summed E-state index contributed by atoms with van der Waals surface area (Å²) in [6.07, 6.45) is 2.27. The Balaban J connectivity index is 1.40. The molecule has 1 saturated heterocycles. The van der Waals surface area contributed by atoms with E-state index in [0.717, 1.165) is 18.7 Å². The lowest BCUT2D eigenvalue weighted by molar-refractivity contribution is -0.337. The van der Waals surface area contributed by atoms with Crippen molar-refractivity contribution in [2.45, 2.75) is 80.2 Å². The van der Waals surface area contributed by atoms with E-state index >= 15 is 0 Å². The van der Waals surface area contributed by atoms with E-state index in [4.69, 9.17) is 18.9 Å². The number of likely N-dealkylation sites (N-methyl/N-ethyl adjacent to an activating group) is 1. The first kappa shape index (κ1) is 27.1. The van der Waals surface area contributed by atoms with Gasteiger partial charge in [0.25, 0.3) is 0 Å². The van der Waals surface area contributed by atoms with Crippen molar-refractivity contribution in [1.29, 1.82) is 0 Å². The summed E-state index contributed by atoms with van der Waals surface area (Å²) in [6, 6.07) is 7.46. The summed E-state index contributed by atoms with van der Waals surface area (Å²) < 4.78 is 25.1. The second-order valence-corrected chi connectivity index (χ2v) is 13.3. The minimum atomic E-state index is -1.43. The number of benzene rings is 1. The van der Waals surface area contributed by atoms with E-state index in [2.05, 4.69) is 17.1 Å². The van der Waals surface area contributed by atoms with Crippen molar-refractivity contribution in [1.82, 2.24) is 4.90 Å². The van der Waals surface area contributed by atoms with Crippen molar-refractivity contribution in [3.63, 3.8) is 0 Å². The molecule has 1 aromatic carbocycles. The van der Waals surface area contributed by atoms with Gasteiger partial charge in [-0.3, -0.25) is 4.90 Å². The predicted octanol–water partition coefficient (Wildman–Crippen LogP) is 2.30. The molecule has 1 aromatic rings. The van der Waals surface area contributed by atoms with Gasteiger partial charge in [-0.15, -0.1) is 0 Å². The molecule has 40 heavy (non-hydrogen) atoms. The molecule has 0 amide bonds. The minimum Gasteiger partial charge on any atom is -0.454 e. The number of methoxy groups -OCH3 is 3. The first-order valence-corrected chi connectivity index (χ1v) is 15.0. The van der Waals surface area contributed by atoms with Crippen LogP contribution in [0, 0.1) is 29.1 Å². The van der Waals surface area contributed by atoms with Crippen molar-refractivity contribution < 1.29 is 34.0 Å². The molecule has 12 atom stereocenters. The maximum atomic E-state index is 13.9. The summed E-state index contributed by atoms with van der Waals surface area (Å²) in [6.45, 7) is 3.52. The molecule has 7 bridgehead atoms. The fourth-order valence-electron chi connectivity index (χ4n) is 11.5. The number of nitrogens with one attached hydrogen (secondary N) is 1. The monoisotopic (exact) mass is 556 g/mol. The third-order valence-electron chi connectivity index (χ3n) is 12.6. The van der Waals surface area contributed by atoms with Crippen molar-refractivity contribution in [2.24, 2.45) is 29.1 Å². The maximum absolute atomic E-state index is 13.9. The number of carbonyl (C=O) groups excluding carboxylic acids is 1. The molecule has 1 spiro atoms. The highest BCUT2D eigenvalue weighted by Gasteiger charge is 2.89. The van der Waals surface area contributed by atoms with Crippen molar-refractivity contribution in [3.05, 3.63) is 29.8 Å². The van der Waals surface area contributed by atoms with Gasteiger partial charge in [0.05, 0.1) is 23.9 Å². The summed E-state index contributed by atoms with van der Waals surface area (Å²) in [5, 5.41) is 28.8. The molecule has 0 radical (unpaired) electrons. The van der Waals surface area contributed by atoms with Gasteiger partial charge < -0.3 is 34.5 Å². The van der Waals surface area contributed by atoms with Crippen LogP contribution in [0.15, 0.2) is 24.3 Å². The second kappa shape index (κ2) is 8.88. The molecule has 6 fully saturated rings. The van der Waals surface area contributed by atoms with E-state index in [1.54, 1.807) is 21.3 Å². The molecule has 6 aliphatic rings. The minimum absolute atomic E-state index is 0.00584. The third-order valence-corrected chi connectivity index (χ3v) is 12.6. The van der Waals surface area contributed by atoms with Crippen LogP contribution in [0.2, 0.25) is 0 Å². The largest absolute Gasteiger partial charge is 0.454 e. The molecule has 5 saturated carbocycles. The zero-order valence-corrected chi connectivity index (χ0v) is 24.3. The van der Waals surface area contributed by atoms with Crippen LogP contribution in [0.4, 0.5) is 5.69 Å². The number of esters is 1. The van der Waals surface area contributed by atoms with Gasteiger partial charge in [-0.1, -0.05) is 19.1 Å². The van der Waals surface area contributed by atoms with Crippen LogP contribution in [-0.2, 0) is 18.9 Å². The van der Waals surface area contributed by atoms with E-state index in [9.17, 15) is 15.0 Å². The average molecular weight is 557 g/mol. The molecular weight excluding hydrogens is 512 g/mol. The number of ether oxygens (including phenoxy) is 4. The Labute approximate surface area is 236 Å². The van der Waals surface area contributed by atoms with Gasteiger partial charge in [-0.2, -0.15) is 0 Å². The number of hydrogen-bond acceptors (Lipinski definition) is 9. The molecule has 1 heterocycles. The molecule has 9 nitrogen and oxygen atoms in total. The van der Waals surface area contributed by atoms with Crippen LogP contribution in [0.1, 0.15) is 49.4 Å². The normalized spacial score (nSPS) is 50.1.